The molecule has 1 fully saturated rings. The van der Waals surface area contributed by atoms with E-state index in [-0.39, 0.29) is 17.6 Å². The van der Waals surface area contributed by atoms with Gasteiger partial charge in [-0.1, -0.05) is 0 Å². The summed E-state index contributed by atoms with van der Waals surface area (Å²) in [7, 11) is 0. The maximum atomic E-state index is 12.2. The van der Waals surface area contributed by atoms with Crippen molar-refractivity contribution in [3.05, 3.63) is 29.3 Å². The average molecular weight is 245 g/mol. The first kappa shape index (κ1) is 11.4. The molecule has 4 heteroatoms. The molecular weight excluding hydrogens is 230 g/mol. The van der Waals surface area contributed by atoms with Gasteiger partial charge in [0.05, 0.1) is 6.61 Å². The molecule has 2 aliphatic heterocycles. The van der Waals surface area contributed by atoms with Crippen molar-refractivity contribution < 1.29 is 14.3 Å². The Morgan fingerprint density at radius 2 is 2.22 bits per heavy atom. The fourth-order valence-corrected chi connectivity index (χ4v) is 2.51. The summed E-state index contributed by atoms with van der Waals surface area (Å²) in [5.74, 6) is 0.208. The van der Waals surface area contributed by atoms with Crippen molar-refractivity contribution in [2.45, 2.75) is 19.3 Å². The van der Waals surface area contributed by atoms with E-state index in [4.69, 9.17) is 4.74 Å². The average Bonchev–Trinajstić information content (AvgIpc) is 2.91. The summed E-state index contributed by atoms with van der Waals surface area (Å²) < 4.78 is 5.25. The molecule has 0 aliphatic carbocycles. The zero-order chi connectivity index (χ0) is 12.5. The Morgan fingerprint density at radius 1 is 1.33 bits per heavy atom. The van der Waals surface area contributed by atoms with Crippen LogP contribution < -0.4 is 5.32 Å². The van der Waals surface area contributed by atoms with Crippen molar-refractivity contribution in [1.82, 2.24) is 0 Å². The Kier molecular flexibility index (Phi) is 2.88. The lowest BCUT2D eigenvalue weighted by Crippen LogP contribution is -2.20. The number of fused-ring (bicyclic) bond motifs is 1. The lowest BCUT2D eigenvalue weighted by Gasteiger charge is -2.17. The lowest BCUT2D eigenvalue weighted by atomic mass is 9.93. The number of nitrogens with one attached hydrogen (secondary N) is 1. The van der Waals surface area contributed by atoms with Crippen molar-refractivity contribution in [2.24, 2.45) is 5.92 Å². The molecule has 1 N–H and O–H groups in total. The SMILES string of the molecule is O=C1CCc2cc(C(=O)C3CCOC3)ccc2N1. The number of anilines is 1. The number of Topliss-reactive ketones (excluding diaryl/α,β-unsaturated/α-hetero) is 1. The van der Waals surface area contributed by atoms with Crippen LogP contribution in [0.15, 0.2) is 18.2 Å². The van der Waals surface area contributed by atoms with E-state index in [9.17, 15) is 9.59 Å². The third-order valence-corrected chi connectivity index (χ3v) is 3.59. The van der Waals surface area contributed by atoms with Gasteiger partial charge >= 0.3 is 0 Å². The lowest BCUT2D eigenvalue weighted by molar-refractivity contribution is -0.116. The van der Waals surface area contributed by atoms with E-state index < -0.39 is 0 Å². The number of ether oxygens (including phenoxy) is 1. The van der Waals surface area contributed by atoms with Gasteiger partial charge in [-0.3, -0.25) is 9.59 Å². The summed E-state index contributed by atoms with van der Waals surface area (Å²) in [5, 5.41) is 2.82. The summed E-state index contributed by atoms with van der Waals surface area (Å²) in [5.41, 5.74) is 2.63. The molecule has 2 heterocycles. The number of rotatable bonds is 2. The third-order valence-electron chi connectivity index (χ3n) is 3.59. The topological polar surface area (TPSA) is 55.4 Å². The quantitative estimate of drug-likeness (QED) is 0.808. The van der Waals surface area contributed by atoms with E-state index in [0.29, 0.717) is 26.1 Å². The van der Waals surface area contributed by atoms with E-state index in [0.717, 1.165) is 23.2 Å². The van der Waals surface area contributed by atoms with Crippen molar-refractivity contribution in [2.75, 3.05) is 18.5 Å². The van der Waals surface area contributed by atoms with Gasteiger partial charge in [-0.15, -0.1) is 0 Å². The second-order valence-electron chi connectivity index (χ2n) is 4.84. The minimum atomic E-state index is 0.00114. The molecule has 1 unspecified atom stereocenters. The number of ketones is 1. The van der Waals surface area contributed by atoms with Gasteiger partial charge in [0.2, 0.25) is 5.91 Å². The minimum Gasteiger partial charge on any atom is -0.381 e. The molecule has 1 atom stereocenters. The Morgan fingerprint density at radius 3 is 3.00 bits per heavy atom. The molecule has 0 aromatic heterocycles. The monoisotopic (exact) mass is 245 g/mol. The molecule has 18 heavy (non-hydrogen) atoms. The summed E-state index contributed by atoms with van der Waals surface area (Å²) >= 11 is 0. The molecule has 1 saturated heterocycles. The highest BCUT2D eigenvalue weighted by molar-refractivity contribution is 6.00. The van der Waals surface area contributed by atoms with Gasteiger partial charge in [0, 0.05) is 30.2 Å². The van der Waals surface area contributed by atoms with E-state index in [2.05, 4.69) is 5.32 Å². The summed E-state index contributed by atoms with van der Waals surface area (Å²) in [6, 6.07) is 5.54. The van der Waals surface area contributed by atoms with Crippen LogP contribution in [0.2, 0.25) is 0 Å². The number of carbonyl (C=O) groups is 2. The number of hydrogen-bond donors (Lipinski definition) is 1. The van der Waals surface area contributed by atoms with Crippen molar-refractivity contribution in [3.8, 4) is 0 Å². The molecule has 4 nitrogen and oxygen atoms in total. The largest absolute Gasteiger partial charge is 0.381 e. The van der Waals surface area contributed by atoms with Crippen molar-refractivity contribution >= 4 is 17.4 Å². The molecule has 0 radical (unpaired) electrons. The zero-order valence-electron chi connectivity index (χ0n) is 10.1. The number of aryl methyl sites for hydroxylation is 1. The molecule has 0 saturated carbocycles. The van der Waals surface area contributed by atoms with Gasteiger partial charge in [-0.05, 0) is 36.6 Å². The van der Waals surface area contributed by atoms with Crippen LogP contribution >= 0.6 is 0 Å². The Bertz CT molecular complexity index is 504. The number of carbonyl (C=O) groups excluding carboxylic acids is 2. The van der Waals surface area contributed by atoms with Crippen LogP contribution in [-0.4, -0.2) is 24.9 Å². The number of benzene rings is 1. The van der Waals surface area contributed by atoms with Crippen LogP contribution in [-0.2, 0) is 16.0 Å². The second kappa shape index (κ2) is 4.53. The van der Waals surface area contributed by atoms with Gasteiger partial charge in [-0.25, -0.2) is 0 Å². The molecule has 1 aromatic rings. The van der Waals surface area contributed by atoms with Crippen LogP contribution in [0.5, 0.6) is 0 Å². The van der Waals surface area contributed by atoms with Gasteiger partial charge in [0.15, 0.2) is 5.78 Å². The fourth-order valence-electron chi connectivity index (χ4n) is 2.51. The fraction of sp³-hybridized carbons (Fsp3) is 0.429. The van der Waals surface area contributed by atoms with Crippen LogP contribution in [0.3, 0.4) is 0 Å². The van der Waals surface area contributed by atoms with Gasteiger partial charge < -0.3 is 10.1 Å². The van der Waals surface area contributed by atoms with Gasteiger partial charge in [0.1, 0.15) is 0 Å². The number of amides is 1. The van der Waals surface area contributed by atoms with Crippen LogP contribution in [0.1, 0.15) is 28.8 Å². The summed E-state index contributed by atoms with van der Waals surface area (Å²) in [6.07, 6.45) is 2.02. The van der Waals surface area contributed by atoms with E-state index in [1.54, 1.807) is 6.07 Å². The summed E-state index contributed by atoms with van der Waals surface area (Å²) in [6.45, 7) is 1.21. The van der Waals surface area contributed by atoms with E-state index in [1.165, 1.54) is 0 Å². The maximum absolute atomic E-state index is 12.2. The molecule has 2 aliphatic rings. The van der Waals surface area contributed by atoms with Crippen LogP contribution in [0, 0.1) is 5.92 Å². The normalized spacial score (nSPS) is 22.4. The molecule has 1 aromatic carbocycles. The molecule has 94 valence electrons. The second-order valence-corrected chi connectivity index (χ2v) is 4.84. The van der Waals surface area contributed by atoms with Crippen LogP contribution in [0.25, 0.3) is 0 Å². The standard InChI is InChI=1S/C14H15NO3/c16-13-4-2-9-7-10(1-3-12(9)15-13)14(17)11-5-6-18-8-11/h1,3,7,11H,2,4-6,8H2,(H,15,16). The molecule has 1 amide bonds. The van der Waals surface area contributed by atoms with Crippen molar-refractivity contribution in [1.29, 1.82) is 0 Å². The highest BCUT2D eigenvalue weighted by atomic mass is 16.5. The Balaban J connectivity index is 1.85. The van der Waals surface area contributed by atoms with Crippen LogP contribution in [0.4, 0.5) is 5.69 Å². The van der Waals surface area contributed by atoms with E-state index in [1.807, 2.05) is 12.1 Å². The molecule has 0 bridgehead atoms. The first-order chi connectivity index (χ1) is 8.74. The first-order valence-corrected chi connectivity index (χ1v) is 6.29. The predicted molar refractivity (Wildman–Crippen MR) is 66.6 cm³/mol. The smallest absolute Gasteiger partial charge is 0.224 e. The summed E-state index contributed by atoms with van der Waals surface area (Å²) in [4.78, 5) is 23.5. The Hall–Kier alpha value is -1.68. The molecular formula is C14H15NO3. The van der Waals surface area contributed by atoms with Gasteiger partial charge in [-0.2, -0.15) is 0 Å². The highest BCUT2D eigenvalue weighted by Crippen LogP contribution is 2.26. The predicted octanol–water partition coefficient (Wildman–Crippen LogP) is 1.79. The maximum Gasteiger partial charge on any atom is 0.224 e. The Labute approximate surface area is 105 Å². The van der Waals surface area contributed by atoms with Gasteiger partial charge in [0.25, 0.3) is 0 Å². The van der Waals surface area contributed by atoms with E-state index >= 15 is 0 Å². The number of hydrogen-bond acceptors (Lipinski definition) is 3. The molecule has 3 rings (SSSR count). The first-order valence-electron chi connectivity index (χ1n) is 6.29. The zero-order valence-corrected chi connectivity index (χ0v) is 10.1. The van der Waals surface area contributed by atoms with Crippen molar-refractivity contribution in [3.63, 3.8) is 0 Å². The minimum absolute atomic E-state index is 0.00114. The molecule has 0 spiro atoms. The highest BCUT2D eigenvalue weighted by Gasteiger charge is 2.25. The third kappa shape index (κ3) is 2.04.